The number of amides is 1. The number of nitrogens with zero attached hydrogens (tertiary/aromatic N) is 2. The van der Waals surface area contributed by atoms with Gasteiger partial charge in [-0.25, -0.2) is 4.98 Å². The van der Waals surface area contributed by atoms with Gasteiger partial charge in [0.05, 0.1) is 21.8 Å². The Morgan fingerprint density at radius 3 is 2.59 bits per heavy atom. The fourth-order valence-corrected chi connectivity index (χ4v) is 3.80. The van der Waals surface area contributed by atoms with Crippen molar-refractivity contribution in [1.82, 2.24) is 4.98 Å². The maximum Gasteiger partial charge on any atom is 0.573 e. The number of hydrogen-bond donors (Lipinski definition) is 1. The number of halogens is 3. The van der Waals surface area contributed by atoms with Crippen molar-refractivity contribution in [2.45, 2.75) is 6.36 Å². The molecular formula is C18H14F3N3O2S. The van der Waals surface area contributed by atoms with Gasteiger partial charge in [-0.3, -0.25) is 4.79 Å². The van der Waals surface area contributed by atoms with Gasteiger partial charge in [0.2, 0.25) is 5.91 Å². The van der Waals surface area contributed by atoms with Gasteiger partial charge in [0.15, 0.2) is 10.9 Å². The van der Waals surface area contributed by atoms with Crippen molar-refractivity contribution in [3.8, 4) is 5.75 Å². The van der Waals surface area contributed by atoms with E-state index < -0.39 is 12.1 Å². The molecule has 2 aromatic carbocycles. The Balaban J connectivity index is 1.40. The molecule has 0 aliphatic carbocycles. The number of benzene rings is 2. The largest absolute Gasteiger partial charge is 0.573 e. The van der Waals surface area contributed by atoms with E-state index in [0.29, 0.717) is 13.1 Å². The lowest BCUT2D eigenvalue weighted by Crippen LogP contribution is -2.52. The maximum absolute atomic E-state index is 12.5. The number of aromatic nitrogens is 1. The smallest absolute Gasteiger partial charge is 0.404 e. The summed E-state index contributed by atoms with van der Waals surface area (Å²) < 4.78 is 42.4. The summed E-state index contributed by atoms with van der Waals surface area (Å²) >= 11 is 1.55. The van der Waals surface area contributed by atoms with Crippen molar-refractivity contribution < 1.29 is 22.7 Å². The van der Waals surface area contributed by atoms with Crippen LogP contribution in [-0.2, 0) is 4.79 Å². The summed E-state index contributed by atoms with van der Waals surface area (Å²) in [6.45, 7) is 0.932. The molecule has 2 heterocycles. The highest BCUT2D eigenvalue weighted by Gasteiger charge is 2.36. The monoisotopic (exact) mass is 393 g/mol. The second kappa shape index (κ2) is 6.73. The van der Waals surface area contributed by atoms with Gasteiger partial charge in [0.25, 0.3) is 0 Å². The molecule has 27 heavy (non-hydrogen) atoms. The molecule has 1 aliphatic rings. The van der Waals surface area contributed by atoms with E-state index >= 15 is 0 Å². The Labute approximate surface area is 156 Å². The van der Waals surface area contributed by atoms with Gasteiger partial charge < -0.3 is 15.0 Å². The summed E-state index contributed by atoms with van der Waals surface area (Å²) in [7, 11) is 0. The Hall–Kier alpha value is -2.81. The lowest BCUT2D eigenvalue weighted by atomic mass is 10.00. The zero-order chi connectivity index (χ0) is 19.0. The summed E-state index contributed by atoms with van der Waals surface area (Å²) in [6, 6.07) is 13.3. The van der Waals surface area contributed by atoms with E-state index in [2.05, 4.69) is 15.0 Å². The Kier molecular flexibility index (Phi) is 4.39. The maximum atomic E-state index is 12.5. The third-order valence-corrected chi connectivity index (χ3v) is 5.27. The third kappa shape index (κ3) is 3.82. The first-order chi connectivity index (χ1) is 12.9. The number of alkyl halides is 3. The molecule has 0 spiro atoms. The average Bonchev–Trinajstić information content (AvgIpc) is 2.97. The number of fused-ring (bicyclic) bond motifs is 1. The number of rotatable bonds is 4. The van der Waals surface area contributed by atoms with Crippen molar-refractivity contribution in [2.75, 3.05) is 23.3 Å². The zero-order valence-electron chi connectivity index (χ0n) is 13.9. The summed E-state index contributed by atoms with van der Waals surface area (Å²) in [6.07, 6.45) is -4.82. The molecule has 4 rings (SSSR count). The quantitative estimate of drug-likeness (QED) is 0.719. The highest BCUT2D eigenvalue weighted by Crippen LogP contribution is 2.34. The Morgan fingerprint density at radius 1 is 1.15 bits per heavy atom. The van der Waals surface area contributed by atoms with Crippen molar-refractivity contribution in [3.05, 3.63) is 48.5 Å². The average molecular weight is 393 g/mol. The van der Waals surface area contributed by atoms with Gasteiger partial charge in [0, 0.05) is 13.1 Å². The highest BCUT2D eigenvalue weighted by molar-refractivity contribution is 7.22. The van der Waals surface area contributed by atoms with Crippen LogP contribution in [0.15, 0.2) is 48.5 Å². The summed E-state index contributed by atoms with van der Waals surface area (Å²) in [4.78, 5) is 18.9. The number of thiazole rings is 1. The minimum Gasteiger partial charge on any atom is -0.404 e. The van der Waals surface area contributed by atoms with E-state index in [0.717, 1.165) is 21.4 Å². The predicted octanol–water partition coefficient (Wildman–Crippen LogP) is 4.27. The SMILES string of the molecule is O=C(Nc1ccccc1OC(F)(F)F)C1CN(c2nc3ccccc3s2)C1. The number of ether oxygens (including phenoxy) is 1. The number of para-hydroxylation sites is 3. The number of carbonyl (C=O) groups is 1. The lowest BCUT2D eigenvalue weighted by molar-refractivity contribution is -0.274. The molecule has 0 atom stereocenters. The molecule has 0 bridgehead atoms. The molecule has 9 heteroatoms. The highest BCUT2D eigenvalue weighted by atomic mass is 32.1. The van der Waals surface area contributed by atoms with E-state index in [9.17, 15) is 18.0 Å². The van der Waals surface area contributed by atoms with E-state index in [1.165, 1.54) is 18.2 Å². The van der Waals surface area contributed by atoms with E-state index in [1.807, 2.05) is 29.2 Å². The molecule has 5 nitrogen and oxygen atoms in total. The zero-order valence-corrected chi connectivity index (χ0v) is 14.7. The van der Waals surface area contributed by atoms with Crippen LogP contribution in [0.3, 0.4) is 0 Å². The van der Waals surface area contributed by atoms with Gasteiger partial charge in [-0.2, -0.15) is 0 Å². The van der Waals surface area contributed by atoms with E-state index in [4.69, 9.17) is 0 Å². The minimum absolute atomic E-state index is 0.00161. The summed E-state index contributed by atoms with van der Waals surface area (Å²) in [5, 5.41) is 3.36. The summed E-state index contributed by atoms with van der Waals surface area (Å²) in [5.41, 5.74) is 0.905. The standard InChI is InChI=1S/C18H14F3N3O2S/c19-18(20,21)26-14-7-3-1-5-12(14)22-16(25)11-9-24(10-11)17-23-13-6-2-4-8-15(13)27-17/h1-8,11H,9-10H2,(H,22,25). The van der Waals surface area contributed by atoms with Crippen LogP contribution in [-0.4, -0.2) is 30.3 Å². The van der Waals surface area contributed by atoms with Crippen LogP contribution in [0.2, 0.25) is 0 Å². The van der Waals surface area contributed by atoms with Gasteiger partial charge in [-0.1, -0.05) is 35.6 Å². The van der Waals surface area contributed by atoms with Gasteiger partial charge in [-0.05, 0) is 24.3 Å². The van der Waals surface area contributed by atoms with Crippen LogP contribution in [0, 0.1) is 5.92 Å². The van der Waals surface area contributed by atoms with Crippen LogP contribution in [0.5, 0.6) is 5.75 Å². The third-order valence-electron chi connectivity index (χ3n) is 4.18. The molecule has 1 amide bonds. The molecule has 0 radical (unpaired) electrons. The molecule has 3 aromatic rings. The van der Waals surface area contributed by atoms with E-state index in [1.54, 1.807) is 11.3 Å². The second-order valence-electron chi connectivity index (χ2n) is 6.10. The molecule has 0 unspecified atom stereocenters. The van der Waals surface area contributed by atoms with Crippen molar-refractivity contribution >= 4 is 38.3 Å². The van der Waals surface area contributed by atoms with Crippen molar-refractivity contribution in [3.63, 3.8) is 0 Å². The molecule has 0 saturated carbocycles. The second-order valence-corrected chi connectivity index (χ2v) is 7.11. The molecule has 1 saturated heterocycles. The van der Waals surface area contributed by atoms with Gasteiger partial charge >= 0.3 is 6.36 Å². The lowest BCUT2D eigenvalue weighted by Gasteiger charge is -2.38. The van der Waals surface area contributed by atoms with Crippen LogP contribution >= 0.6 is 11.3 Å². The summed E-state index contributed by atoms with van der Waals surface area (Å²) in [5.74, 6) is -1.10. The molecule has 140 valence electrons. The van der Waals surface area contributed by atoms with Crippen LogP contribution in [0.1, 0.15) is 0 Å². The molecule has 1 N–H and O–H groups in total. The first-order valence-corrected chi connectivity index (χ1v) is 8.97. The van der Waals surface area contributed by atoms with Gasteiger partial charge in [-0.15, -0.1) is 13.2 Å². The minimum atomic E-state index is -4.82. The fraction of sp³-hybridized carbons (Fsp3) is 0.222. The van der Waals surface area contributed by atoms with Crippen LogP contribution in [0.4, 0.5) is 24.0 Å². The number of carbonyl (C=O) groups excluding carboxylic acids is 1. The van der Waals surface area contributed by atoms with Crippen molar-refractivity contribution in [2.24, 2.45) is 5.92 Å². The van der Waals surface area contributed by atoms with Crippen LogP contribution in [0.25, 0.3) is 10.2 Å². The number of anilines is 2. The predicted molar refractivity (Wildman–Crippen MR) is 97.1 cm³/mol. The molecular weight excluding hydrogens is 379 g/mol. The number of hydrogen-bond acceptors (Lipinski definition) is 5. The first kappa shape index (κ1) is 17.6. The normalized spacial score (nSPS) is 14.9. The van der Waals surface area contributed by atoms with Gasteiger partial charge in [0.1, 0.15) is 0 Å². The number of nitrogens with one attached hydrogen (secondary N) is 1. The van der Waals surface area contributed by atoms with E-state index in [-0.39, 0.29) is 17.5 Å². The van der Waals surface area contributed by atoms with Crippen LogP contribution < -0.4 is 15.0 Å². The van der Waals surface area contributed by atoms with Crippen molar-refractivity contribution in [1.29, 1.82) is 0 Å². The fourth-order valence-electron chi connectivity index (χ4n) is 2.81. The molecule has 1 aromatic heterocycles. The Morgan fingerprint density at radius 2 is 1.85 bits per heavy atom. The molecule has 1 aliphatic heterocycles. The Bertz CT molecular complexity index is 950. The molecule has 1 fully saturated rings. The topological polar surface area (TPSA) is 54.5 Å². The first-order valence-electron chi connectivity index (χ1n) is 8.15.